The highest BCUT2D eigenvalue weighted by atomic mass is 16.7. The Hall–Kier alpha value is -5.93. The molecule has 3 heterocycles. The van der Waals surface area contributed by atoms with Crippen molar-refractivity contribution in [2.24, 2.45) is 17.8 Å². The van der Waals surface area contributed by atoms with E-state index in [9.17, 15) is 29.6 Å². The van der Waals surface area contributed by atoms with Gasteiger partial charge in [0.2, 0.25) is 18.4 Å². The molecule has 0 unspecified atom stereocenters. The third kappa shape index (κ3) is 6.53. The van der Waals surface area contributed by atoms with Crippen LogP contribution in [0.15, 0.2) is 48.5 Å². The predicted molar refractivity (Wildman–Crippen MR) is 186 cm³/mol. The van der Waals surface area contributed by atoms with Crippen molar-refractivity contribution in [1.82, 2.24) is 10.2 Å². The van der Waals surface area contributed by atoms with Gasteiger partial charge < -0.3 is 48.6 Å². The van der Waals surface area contributed by atoms with Gasteiger partial charge in [-0.25, -0.2) is 4.79 Å². The number of nitrogens with one attached hydrogen (secondary N) is 1. The van der Waals surface area contributed by atoms with E-state index in [0.717, 1.165) is 5.69 Å². The number of ether oxygens (including phenoxy) is 6. The lowest BCUT2D eigenvalue weighted by atomic mass is 9.66. The Bertz CT molecular complexity index is 1900. The first kappa shape index (κ1) is 35.5. The van der Waals surface area contributed by atoms with Gasteiger partial charge in [0.15, 0.2) is 23.0 Å². The highest BCUT2D eigenvalue weighted by molar-refractivity contribution is 5.86. The summed E-state index contributed by atoms with van der Waals surface area (Å²) < 4.78 is 34.0. The summed E-state index contributed by atoms with van der Waals surface area (Å²) in [5.41, 5.74) is 2.63. The average Bonchev–Trinajstić information content (AvgIpc) is 3.79. The predicted octanol–water partition coefficient (Wildman–Crippen LogP) is 4.12. The maximum atomic E-state index is 13.8. The van der Waals surface area contributed by atoms with Gasteiger partial charge in [0.25, 0.3) is 5.69 Å². The van der Waals surface area contributed by atoms with E-state index in [1.807, 2.05) is 18.7 Å². The summed E-state index contributed by atoms with van der Waals surface area (Å²) in [5.74, 6) is -2.05. The molecule has 3 aromatic carbocycles. The Kier molecular flexibility index (Phi) is 9.53. The van der Waals surface area contributed by atoms with Crippen molar-refractivity contribution in [3.63, 3.8) is 0 Å². The normalized spacial score (nSPS) is 22.0. The molecule has 3 aromatic rings. The Morgan fingerprint density at radius 1 is 0.943 bits per heavy atom. The van der Waals surface area contributed by atoms with Gasteiger partial charge in [-0.05, 0) is 53.4 Å². The van der Waals surface area contributed by atoms with E-state index < -0.39 is 46.9 Å². The zero-order valence-corrected chi connectivity index (χ0v) is 29.6. The number of phenolic OH excluding ortho intramolecular Hbond substituents is 1. The van der Waals surface area contributed by atoms with Crippen LogP contribution in [0.5, 0.6) is 28.7 Å². The van der Waals surface area contributed by atoms with E-state index in [1.54, 1.807) is 41.3 Å². The Morgan fingerprint density at radius 3 is 2.15 bits per heavy atom. The second kappa shape index (κ2) is 14.2. The minimum Gasteiger partial charge on any atom is -0.502 e. The number of amides is 2. The minimum atomic E-state index is -0.957. The molecule has 2 fully saturated rings. The zero-order valence-electron chi connectivity index (χ0n) is 29.6. The van der Waals surface area contributed by atoms with Gasteiger partial charge in [-0.15, -0.1) is 0 Å². The number of esters is 1. The number of nitro groups is 1. The number of fused-ring (bicyclic) bond motifs is 3. The van der Waals surface area contributed by atoms with Crippen LogP contribution in [-0.4, -0.2) is 92.7 Å². The summed E-state index contributed by atoms with van der Waals surface area (Å²) in [7, 11) is 2.83. The molecule has 4 aliphatic rings. The van der Waals surface area contributed by atoms with Crippen LogP contribution in [0.2, 0.25) is 0 Å². The summed E-state index contributed by atoms with van der Waals surface area (Å²) in [6.45, 7) is 5.41. The van der Waals surface area contributed by atoms with Gasteiger partial charge in [0.05, 0.1) is 31.7 Å². The molecule has 2 N–H and O–H groups in total. The number of nitro benzene ring substituents is 1. The average molecular weight is 733 g/mol. The first-order valence-electron chi connectivity index (χ1n) is 17.3. The van der Waals surface area contributed by atoms with Crippen LogP contribution in [0, 0.1) is 27.9 Å². The van der Waals surface area contributed by atoms with E-state index in [4.69, 9.17) is 28.4 Å². The van der Waals surface area contributed by atoms with Crippen LogP contribution in [0.4, 0.5) is 16.2 Å². The van der Waals surface area contributed by atoms with Crippen molar-refractivity contribution >= 4 is 29.3 Å². The smallest absolute Gasteiger partial charge is 0.408 e. The van der Waals surface area contributed by atoms with Gasteiger partial charge in [0, 0.05) is 61.4 Å². The number of carbonyl (C=O) groups excluding carboxylic acids is 3. The molecular weight excluding hydrogens is 692 g/mol. The number of hydrogen-bond acceptors (Lipinski definition) is 13. The molecule has 0 saturated carbocycles. The molecule has 5 atom stereocenters. The van der Waals surface area contributed by atoms with Crippen molar-refractivity contribution in [1.29, 1.82) is 0 Å². The van der Waals surface area contributed by atoms with E-state index in [0.29, 0.717) is 54.4 Å². The van der Waals surface area contributed by atoms with Crippen LogP contribution in [0.25, 0.3) is 0 Å². The van der Waals surface area contributed by atoms with Gasteiger partial charge in [-0.1, -0.05) is 13.8 Å². The Morgan fingerprint density at radius 2 is 1.57 bits per heavy atom. The number of rotatable bonds is 9. The molecule has 0 spiro atoms. The maximum Gasteiger partial charge on any atom is 0.408 e. The number of phenols is 1. The molecule has 0 radical (unpaired) electrons. The maximum absolute atomic E-state index is 13.8. The summed E-state index contributed by atoms with van der Waals surface area (Å²) in [4.78, 5) is 55.5. The van der Waals surface area contributed by atoms with Gasteiger partial charge in [0.1, 0.15) is 12.1 Å². The van der Waals surface area contributed by atoms with Crippen molar-refractivity contribution in [2.45, 2.75) is 31.9 Å². The summed E-state index contributed by atoms with van der Waals surface area (Å²) in [5, 5.41) is 24.5. The standard InChI is InChI=1S/C37H40N4O12/c1-19(2)32(35(43)40-11-9-39(10-12-40)21-5-7-22(8-6-21)41(46)47)38-37(45)53-34-24-16-27-26(51-18-52-27)15-23(24)30(31-25(34)17-50-36(31)44)20-13-28(48-3)33(42)29(14-20)49-4/h5-8,13-16,19,25,30-32,34,42H,9-12,17-18H2,1-4H3,(H,38,45)/t25-,30+,31-,32-,34+/m0/s1. The van der Waals surface area contributed by atoms with Crippen LogP contribution >= 0.6 is 0 Å². The second-order valence-corrected chi connectivity index (χ2v) is 13.7. The van der Waals surface area contributed by atoms with Crippen LogP contribution < -0.4 is 29.2 Å². The Labute approximate surface area is 304 Å². The number of non-ortho nitro benzene ring substituents is 1. The molecule has 16 nitrogen and oxygen atoms in total. The quantitative estimate of drug-likeness (QED) is 0.182. The number of methoxy groups -OCH3 is 2. The molecule has 3 aliphatic heterocycles. The topological polar surface area (TPSA) is 188 Å². The SMILES string of the molecule is COc1cc([C@@H]2c3cc4c(cc3[C@@H](OC(=O)N[C@H](C(=O)N3CCN(c5ccc([N+](=O)[O-])cc5)CC3)C(C)C)[C@H]3COC(=O)[C@H]23)OCO4)cc(OC)c1O. The highest BCUT2D eigenvalue weighted by Gasteiger charge is 2.54. The lowest BCUT2D eigenvalue weighted by Gasteiger charge is -2.39. The number of anilines is 1. The number of benzene rings is 3. The number of aromatic hydroxyl groups is 1. The third-order valence-corrected chi connectivity index (χ3v) is 10.4. The molecular formula is C37H40N4O12. The number of nitrogens with zero attached hydrogens (tertiary/aromatic N) is 3. The molecule has 2 saturated heterocycles. The number of carbonyl (C=O) groups is 3. The van der Waals surface area contributed by atoms with Crippen molar-refractivity contribution < 1.29 is 52.8 Å². The molecule has 16 heteroatoms. The molecule has 1 aliphatic carbocycles. The van der Waals surface area contributed by atoms with Gasteiger partial charge in [-0.2, -0.15) is 0 Å². The molecule has 0 bridgehead atoms. The lowest BCUT2D eigenvalue weighted by Crippen LogP contribution is -2.56. The van der Waals surface area contributed by atoms with Gasteiger partial charge >= 0.3 is 12.1 Å². The monoisotopic (exact) mass is 732 g/mol. The largest absolute Gasteiger partial charge is 0.502 e. The molecule has 7 rings (SSSR count). The fourth-order valence-corrected chi connectivity index (χ4v) is 7.71. The van der Waals surface area contributed by atoms with E-state index in [2.05, 4.69) is 5.32 Å². The Balaban J connectivity index is 1.13. The van der Waals surface area contributed by atoms with Gasteiger partial charge in [-0.3, -0.25) is 19.7 Å². The van der Waals surface area contributed by atoms with Crippen LogP contribution in [0.1, 0.15) is 42.6 Å². The third-order valence-electron chi connectivity index (χ3n) is 10.4. The first-order chi connectivity index (χ1) is 25.5. The van der Waals surface area contributed by atoms with Crippen molar-refractivity contribution in [3.8, 4) is 28.7 Å². The lowest BCUT2D eigenvalue weighted by molar-refractivity contribution is -0.384. The first-order valence-corrected chi connectivity index (χ1v) is 17.3. The molecule has 53 heavy (non-hydrogen) atoms. The summed E-state index contributed by atoms with van der Waals surface area (Å²) in [6, 6.07) is 12.2. The summed E-state index contributed by atoms with van der Waals surface area (Å²) in [6.07, 6.45) is -1.79. The van der Waals surface area contributed by atoms with Crippen LogP contribution in [-0.2, 0) is 19.1 Å². The number of cyclic esters (lactones) is 1. The number of piperazine rings is 1. The summed E-state index contributed by atoms with van der Waals surface area (Å²) >= 11 is 0. The second-order valence-electron chi connectivity index (χ2n) is 13.7. The van der Waals surface area contributed by atoms with E-state index in [-0.39, 0.29) is 48.2 Å². The van der Waals surface area contributed by atoms with E-state index in [1.165, 1.54) is 26.4 Å². The van der Waals surface area contributed by atoms with Crippen molar-refractivity contribution in [3.05, 3.63) is 75.3 Å². The number of alkyl carbamates (subject to hydrolysis) is 1. The zero-order chi connectivity index (χ0) is 37.6. The fraction of sp³-hybridized carbons (Fsp3) is 0.432. The van der Waals surface area contributed by atoms with Crippen molar-refractivity contribution in [2.75, 3.05) is 58.7 Å². The molecule has 0 aromatic heterocycles. The van der Waals surface area contributed by atoms with Crippen LogP contribution in [0.3, 0.4) is 0 Å². The van der Waals surface area contributed by atoms with E-state index >= 15 is 0 Å². The highest BCUT2D eigenvalue weighted by Crippen LogP contribution is 2.56. The molecule has 280 valence electrons. The fourth-order valence-electron chi connectivity index (χ4n) is 7.71. The minimum absolute atomic E-state index is 0.00402. The molecule has 2 amide bonds. The number of hydrogen-bond donors (Lipinski definition) is 2.